The number of phenolic OH excluding ortho intramolecular Hbond substituents is 1. The number of hydrogen-bond donors (Lipinski definition) is 1. The van der Waals surface area contributed by atoms with Crippen LogP contribution in [0, 0.1) is 0 Å². The summed E-state index contributed by atoms with van der Waals surface area (Å²) >= 11 is 0. The number of carbonyl (C=O) groups is 2. The molecule has 2 aromatic carbocycles. The fourth-order valence-electron chi connectivity index (χ4n) is 5.38. The molecule has 164 valence electrons. The summed E-state index contributed by atoms with van der Waals surface area (Å²) in [6.07, 6.45) is 4.30. The Hall–Kier alpha value is -3.34. The van der Waals surface area contributed by atoms with E-state index in [1.54, 1.807) is 12.1 Å². The van der Waals surface area contributed by atoms with Gasteiger partial charge in [0.1, 0.15) is 0 Å². The third kappa shape index (κ3) is 3.42. The molecule has 0 atom stereocenters. The van der Waals surface area contributed by atoms with E-state index >= 15 is 0 Å². The molecule has 5 heteroatoms. The van der Waals surface area contributed by atoms with Crippen molar-refractivity contribution in [1.82, 2.24) is 4.90 Å². The summed E-state index contributed by atoms with van der Waals surface area (Å²) in [4.78, 5) is 28.9. The van der Waals surface area contributed by atoms with Crippen molar-refractivity contribution in [3.8, 4) is 11.5 Å². The average molecular weight is 430 g/mol. The van der Waals surface area contributed by atoms with Crippen LogP contribution in [0.4, 0.5) is 0 Å². The molecule has 0 spiro atoms. The fraction of sp³-hybridized carbons (Fsp3) is 0.333. The molecule has 0 aromatic heterocycles. The highest BCUT2D eigenvalue weighted by atomic mass is 16.5. The summed E-state index contributed by atoms with van der Waals surface area (Å²) in [7, 11) is 1.51. The maximum Gasteiger partial charge on any atom is 0.161 e. The van der Waals surface area contributed by atoms with Crippen molar-refractivity contribution >= 4 is 11.6 Å². The SMILES string of the molecule is COc1cc(C2C3=C(CCCC3=O)N(Cc3ccccc3)C3=C2C(=O)CCC3)ccc1O. The maximum absolute atomic E-state index is 13.3. The lowest BCUT2D eigenvalue weighted by Crippen LogP contribution is -2.38. The van der Waals surface area contributed by atoms with Gasteiger partial charge in [-0.2, -0.15) is 0 Å². The number of aromatic hydroxyl groups is 1. The molecule has 0 amide bonds. The van der Waals surface area contributed by atoms with E-state index in [-0.39, 0.29) is 17.3 Å². The standard InChI is InChI=1S/C27H27NO4/c1-32-24-15-18(13-14-21(24)29)25-26-19(9-5-11-22(26)30)28(16-17-7-3-2-4-8-17)20-10-6-12-23(31)27(20)25/h2-4,7-8,13-15,25,29H,5-6,9-12,16H2,1H3. The first-order valence-corrected chi connectivity index (χ1v) is 11.3. The van der Waals surface area contributed by atoms with Crippen molar-refractivity contribution in [2.75, 3.05) is 7.11 Å². The van der Waals surface area contributed by atoms with Crippen LogP contribution in [0.1, 0.15) is 55.6 Å². The second-order valence-electron chi connectivity index (χ2n) is 8.71. The van der Waals surface area contributed by atoms with E-state index in [2.05, 4.69) is 17.0 Å². The van der Waals surface area contributed by atoms with Gasteiger partial charge >= 0.3 is 0 Å². The van der Waals surface area contributed by atoms with Crippen molar-refractivity contribution in [3.05, 3.63) is 82.2 Å². The summed E-state index contributed by atoms with van der Waals surface area (Å²) in [5.41, 5.74) is 5.57. The molecule has 0 saturated carbocycles. The van der Waals surface area contributed by atoms with Crippen molar-refractivity contribution in [3.63, 3.8) is 0 Å². The molecular weight excluding hydrogens is 402 g/mol. The number of phenols is 1. The number of Topliss-reactive ketones (excluding diaryl/α,β-unsaturated/α-hetero) is 2. The minimum atomic E-state index is -0.401. The quantitative estimate of drug-likeness (QED) is 0.740. The van der Waals surface area contributed by atoms with Crippen LogP contribution in [0.2, 0.25) is 0 Å². The minimum absolute atomic E-state index is 0.0473. The number of rotatable bonds is 4. The predicted octanol–water partition coefficient (Wildman–Crippen LogP) is 5.01. The number of benzene rings is 2. The Bertz CT molecular complexity index is 1100. The van der Waals surface area contributed by atoms with E-state index in [4.69, 9.17) is 4.74 Å². The molecule has 2 aliphatic carbocycles. The van der Waals surface area contributed by atoms with Gasteiger partial charge in [0, 0.05) is 47.8 Å². The smallest absolute Gasteiger partial charge is 0.161 e. The number of nitrogens with zero attached hydrogens (tertiary/aromatic N) is 1. The largest absolute Gasteiger partial charge is 0.504 e. The lowest BCUT2D eigenvalue weighted by atomic mass is 9.71. The molecular formula is C27H27NO4. The van der Waals surface area contributed by atoms with E-state index in [0.717, 1.165) is 59.4 Å². The topological polar surface area (TPSA) is 66.8 Å². The Kier molecular flexibility index (Phi) is 5.33. The molecule has 0 radical (unpaired) electrons. The molecule has 1 aliphatic heterocycles. The third-order valence-corrected chi connectivity index (χ3v) is 6.81. The molecule has 3 aliphatic rings. The first-order valence-electron chi connectivity index (χ1n) is 11.3. The molecule has 5 nitrogen and oxygen atoms in total. The molecule has 0 unspecified atom stereocenters. The molecule has 5 rings (SSSR count). The van der Waals surface area contributed by atoms with Crippen LogP contribution >= 0.6 is 0 Å². The van der Waals surface area contributed by atoms with E-state index in [0.29, 0.717) is 25.1 Å². The van der Waals surface area contributed by atoms with Crippen LogP contribution in [-0.4, -0.2) is 28.7 Å². The van der Waals surface area contributed by atoms with Gasteiger partial charge in [-0.3, -0.25) is 9.59 Å². The van der Waals surface area contributed by atoms with Crippen LogP contribution in [0.5, 0.6) is 11.5 Å². The zero-order valence-electron chi connectivity index (χ0n) is 18.3. The van der Waals surface area contributed by atoms with Gasteiger partial charge in [0.25, 0.3) is 0 Å². The van der Waals surface area contributed by atoms with Gasteiger partial charge in [0.2, 0.25) is 0 Å². The van der Waals surface area contributed by atoms with Gasteiger partial charge in [-0.1, -0.05) is 36.4 Å². The normalized spacial score (nSPS) is 19.2. The first kappa shape index (κ1) is 20.6. The lowest BCUT2D eigenvalue weighted by Gasteiger charge is -2.44. The second-order valence-corrected chi connectivity index (χ2v) is 8.71. The molecule has 32 heavy (non-hydrogen) atoms. The molecule has 1 N–H and O–H groups in total. The number of methoxy groups -OCH3 is 1. The van der Waals surface area contributed by atoms with E-state index in [9.17, 15) is 14.7 Å². The molecule has 2 aromatic rings. The lowest BCUT2D eigenvalue weighted by molar-refractivity contribution is -0.117. The zero-order valence-corrected chi connectivity index (χ0v) is 18.3. The molecule has 0 saturated heterocycles. The molecule has 0 fully saturated rings. The Morgan fingerprint density at radius 1 is 0.906 bits per heavy atom. The van der Waals surface area contributed by atoms with Crippen molar-refractivity contribution < 1.29 is 19.4 Å². The number of hydrogen-bond acceptors (Lipinski definition) is 5. The van der Waals surface area contributed by atoms with Gasteiger partial charge in [-0.15, -0.1) is 0 Å². The first-order chi connectivity index (χ1) is 15.6. The van der Waals surface area contributed by atoms with E-state index in [1.165, 1.54) is 7.11 Å². The van der Waals surface area contributed by atoms with E-state index < -0.39 is 5.92 Å². The highest BCUT2D eigenvalue weighted by Crippen LogP contribution is 2.50. The highest BCUT2D eigenvalue weighted by Gasteiger charge is 2.43. The summed E-state index contributed by atoms with van der Waals surface area (Å²) in [5.74, 6) is 0.232. The maximum atomic E-state index is 13.3. The third-order valence-electron chi connectivity index (χ3n) is 6.81. The zero-order chi connectivity index (χ0) is 22.2. The summed E-state index contributed by atoms with van der Waals surface area (Å²) in [6.45, 7) is 0.657. The van der Waals surface area contributed by atoms with Crippen LogP contribution < -0.4 is 4.74 Å². The van der Waals surface area contributed by atoms with Gasteiger partial charge in [-0.25, -0.2) is 0 Å². The minimum Gasteiger partial charge on any atom is -0.504 e. The number of ether oxygens (including phenoxy) is 1. The molecule has 0 bridgehead atoms. The monoisotopic (exact) mass is 429 g/mol. The molecule has 1 heterocycles. The van der Waals surface area contributed by atoms with Crippen LogP contribution in [-0.2, 0) is 16.1 Å². The van der Waals surface area contributed by atoms with Crippen LogP contribution in [0.15, 0.2) is 71.1 Å². The average Bonchev–Trinajstić information content (AvgIpc) is 2.81. The Morgan fingerprint density at radius 2 is 1.53 bits per heavy atom. The van der Waals surface area contributed by atoms with Crippen molar-refractivity contribution in [2.24, 2.45) is 0 Å². The summed E-state index contributed by atoms with van der Waals surface area (Å²) < 4.78 is 5.34. The summed E-state index contributed by atoms with van der Waals surface area (Å²) in [6, 6.07) is 15.4. The van der Waals surface area contributed by atoms with Crippen molar-refractivity contribution in [1.29, 1.82) is 0 Å². The Labute approximate surface area is 188 Å². The van der Waals surface area contributed by atoms with E-state index in [1.807, 2.05) is 24.3 Å². The highest BCUT2D eigenvalue weighted by molar-refractivity contribution is 6.06. The Balaban J connectivity index is 1.71. The van der Waals surface area contributed by atoms with Gasteiger partial charge in [-0.05, 0) is 48.9 Å². The number of carbonyl (C=O) groups excluding carboxylic acids is 2. The number of allylic oxidation sites excluding steroid dienone is 4. The summed E-state index contributed by atoms with van der Waals surface area (Å²) in [5, 5.41) is 10.1. The fourth-order valence-corrected chi connectivity index (χ4v) is 5.38. The predicted molar refractivity (Wildman–Crippen MR) is 121 cm³/mol. The van der Waals surface area contributed by atoms with Gasteiger partial charge in [0.05, 0.1) is 7.11 Å². The second kappa shape index (κ2) is 8.30. The van der Waals surface area contributed by atoms with Crippen LogP contribution in [0.3, 0.4) is 0 Å². The number of ketones is 2. The Morgan fingerprint density at radius 3 is 2.12 bits per heavy atom. The van der Waals surface area contributed by atoms with Gasteiger partial charge in [0.15, 0.2) is 23.1 Å². The van der Waals surface area contributed by atoms with Crippen molar-refractivity contribution in [2.45, 2.75) is 51.0 Å². The van der Waals surface area contributed by atoms with Crippen LogP contribution in [0.25, 0.3) is 0 Å². The van der Waals surface area contributed by atoms with Gasteiger partial charge < -0.3 is 14.7 Å².